The Hall–Kier alpha value is -2.66. The normalized spacial score (nSPS) is 11.6. The lowest BCUT2D eigenvalue weighted by Crippen LogP contribution is -2.22. The van der Waals surface area contributed by atoms with Gasteiger partial charge in [0.15, 0.2) is 5.96 Å². The number of aliphatic imine (C=N–C) groups is 1. The number of allylic oxidation sites excluding steroid dienone is 1. The molecule has 0 saturated carbocycles. The Balaban J connectivity index is 2.20. The maximum atomic E-state index is 5.56. The molecule has 0 unspecified atom stereocenters. The number of fused-ring (bicyclic) bond motifs is 1. The first-order chi connectivity index (χ1) is 11.2. The molecule has 4 N–H and O–H groups in total. The van der Waals surface area contributed by atoms with Gasteiger partial charge in [-0.2, -0.15) is 0 Å². The van der Waals surface area contributed by atoms with Crippen LogP contribution in [-0.4, -0.2) is 10.9 Å². The summed E-state index contributed by atoms with van der Waals surface area (Å²) in [7, 11) is 0. The van der Waals surface area contributed by atoms with Crippen LogP contribution in [0.5, 0.6) is 0 Å². The Labute approximate surface area is 139 Å². The van der Waals surface area contributed by atoms with Gasteiger partial charge in [0.25, 0.3) is 0 Å². The third-order valence-electron chi connectivity index (χ3n) is 3.52. The molecule has 2 aromatic carbocycles. The topological polar surface area (TPSA) is 77.3 Å². The van der Waals surface area contributed by atoms with Crippen LogP contribution >= 0.6 is 11.3 Å². The molecule has 5 heteroatoms. The summed E-state index contributed by atoms with van der Waals surface area (Å²) in [6.45, 7) is 2.06. The van der Waals surface area contributed by atoms with E-state index >= 15 is 0 Å². The van der Waals surface area contributed by atoms with E-state index < -0.39 is 0 Å². The molecule has 4 nitrogen and oxygen atoms in total. The summed E-state index contributed by atoms with van der Waals surface area (Å²) in [5.74, 6) is 0.0699. The molecular weight excluding hydrogens is 304 g/mol. The van der Waals surface area contributed by atoms with Gasteiger partial charge in [0.05, 0.1) is 16.1 Å². The minimum absolute atomic E-state index is 0.0699. The average molecular weight is 322 g/mol. The van der Waals surface area contributed by atoms with E-state index in [1.165, 1.54) is 16.3 Å². The summed E-state index contributed by atoms with van der Waals surface area (Å²) in [5, 5.41) is 2.35. The lowest BCUT2D eigenvalue weighted by Gasteiger charge is -2.08. The lowest BCUT2D eigenvalue weighted by atomic mass is 9.99. The number of hydrogen-bond acceptors (Lipinski definition) is 3. The molecule has 116 valence electrons. The molecule has 0 amide bonds. The maximum Gasteiger partial charge on any atom is 0.191 e. The predicted octanol–water partition coefficient (Wildman–Crippen LogP) is 3.99. The van der Waals surface area contributed by atoms with Gasteiger partial charge >= 0.3 is 0 Å². The SMILES string of the molecule is CC/C=C(/N=C(N)N)c1ccc2cccc(-c3cncs3)c2c1. The van der Waals surface area contributed by atoms with Crippen molar-refractivity contribution in [2.45, 2.75) is 13.3 Å². The maximum absolute atomic E-state index is 5.56. The minimum Gasteiger partial charge on any atom is -0.370 e. The molecule has 0 aliphatic rings. The van der Waals surface area contributed by atoms with E-state index in [-0.39, 0.29) is 5.96 Å². The number of nitrogens with two attached hydrogens (primary N) is 2. The first kappa shape index (κ1) is 15.2. The van der Waals surface area contributed by atoms with Gasteiger partial charge in [-0.15, -0.1) is 11.3 Å². The van der Waals surface area contributed by atoms with Gasteiger partial charge in [-0.05, 0) is 23.3 Å². The molecule has 0 fully saturated rings. The van der Waals surface area contributed by atoms with Crippen molar-refractivity contribution < 1.29 is 0 Å². The van der Waals surface area contributed by atoms with E-state index in [0.29, 0.717) is 0 Å². The third kappa shape index (κ3) is 3.24. The summed E-state index contributed by atoms with van der Waals surface area (Å²) < 4.78 is 0. The largest absolute Gasteiger partial charge is 0.370 e. The average Bonchev–Trinajstić information content (AvgIpc) is 3.07. The summed E-state index contributed by atoms with van der Waals surface area (Å²) in [5.41, 5.74) is 15.9. The van der Waals surface area contributed by atoms with Crippen molar-refractivity contribution in [3.05, 3.63) is 59.7 Å². The zero-order valence-electron chi connectivity index (χ0n) is 12.9. The monoisotopic (exact) mass is 322 g/mol. The summed E-state index contributed by atoms with van der Waals surface area (Å²) in [6.07, 6.45) is 4.78. The number of guanidine groups is 1. The Morgan fingerprint density at radius 3 is 2.83 bits per heavy atom. The quantitative estimate of drug-likeness (QED) is 0.563. The molecule has 1 heterocycles. The molecule has 0 bridgehead atoms. The standard InChI is InChI=1S/C18H18N4S/c1-2-4-16(22-18(19)20)13-8-7-12-5-3-6-14(15(12)9-13)17-10-21-11-23-17/h3-11H,2H2,1H3,(H4,19,20,22)/b16-4+. The van der Waals surface area contributed by atoms with Crippen molar-refractivity contribution in [1.82, 2.24) is 4.98 Å². The lowest BCUT2D eigenvalue weighted by molar-refractivity contribution is 1.21. The first-order valence-electron chi connectivity index (χ1n) is 7.41. The number of aromatic nitrogens is 1. The van der Waals surface area contributed by atoms with Gasteiger partial charge in [0.1, 0.15) is 0 Å². The zero-order valence-corrected chi connectivity index (χ0v) is 13.7. The van der Waals surface area contributed by atoms with Crippen molar-refractivity contribution in [1.29, 1.82) is 0 Å². The highest BCUT2D eigenvalue weighted by molar-refractivity contribution is 7.13. The van der Waals surface area contributed by atoms with Crippen LogP contribution in [0.25, 0.3) is 26.9 Å². The number of thiazole rings is 1. The van der Waals surface area contributed by atoms with Crippen LogP contribution in [0, 0.1) is 0 Å². The fourth-order valence-electron chi connectivity index (χ4n) is 2.56. The molecule has 0 spiro atoms. The van der Waals surface area contributed by atoms with Crippen LogP contribution in [0.4, 0.5) is 0 Å². The molecule has 0 aliphatic heterocycles. The van der Waals surface area contributed by atoms with Gasteiger partial charge in [0, 0.05) is 17.3 Å². The Morgan fingerprint density at radius 2 is 2.13 bits per heavy atom. The fourth-order valence-corrected chi connectivity index (χ4v) is 3.22. The van der Waals surface area contributed by atoms with E-state index in [0.717, 1.165) is 22.6 Å². The Kier molecular flexibility index (Phi) is 4.39. The molecule has 3 aromatic rings. The summed E-state index contributed by atoms with van der Waals surface area (Å²) >= 11 is 1.63. The molecule has 0 atom stereocenters. The molecule has 0 saturated heterocycles. The summed E-state index contributed by atoms with van der Waals surface area (Å²) in [6, 6.07) is 12.6. The molecule has 23 heavy (non-hydrogen) atoms. The molecule has 0 radical (unpaired) electrons. The second-order valence-electron chi connectivity index (χ2n) is 5.14. The van der Waals surface area contributed by atoms with Crippen molar-refractivity contribution in [3.63, 3.8) is 0 Å². The van der Waals surface area contributed by atoms with Gasteiger partial charge in [-0.3, -0.25) is 4.98 Å². The van der Waals surface area contributed by atoms with Gasteiger partial charge in [-0.25, -0.2) is 4.99 Å². The van der Waals surface area contributed by atoms with Crippen LogP contribution in [-0.2, 0) is 0 Å². The zero-order chi connectivity index (χ0) is 16.2. The molecule has 1 aromatic heterocycles. The number of nitrogens with zero attached hydrogens (tertiary/aromatic N) is 2. The highest BCUT2D eigenvalue weighted by atomic mass is 32.1. The van der Waals surface area contributed by atoms with Gasteiger partial charge < -0.3 is 11.5 Å². The number of benzene rings is 2. The Morgan fingerprint density at radius 1 is 1.26 bits per heavy atom. The second-order valence-corrected chi connectivity index (χ2v) is 6.03. The van der Waals surface area contributed by atoms with E-state index in [4.69, 9.17) is 11.5 Å². The van der Waals surface area contributed by atoms with Crippen LogP contribution in [0.15, 0.2) is 59.2 Å². The second kappa shape index (κ2) is 6.62. The smallest absolute Gasteiger partial charge is 0.191 e. The summed E-state index contributed by atoms with van der Waals surface area (Å²) in [4.78, 5) is 9.59. The highest BCUT2D eigenvalue weighted by Gasteiger charge is 2.08. The van der Waals surface area contributed by atoms with Crippen molar-refractivity contribution in [2.24, 2.45) is 16.5 Å². The minimum atomic E-state index is 0.0699. The van der Waals surface area contributed by atoms with Crippen LogP contribution < -0.4 is 11.5 Å². The number of rotatable bonds is 4. The van der Waals surface area contributed by atoms with E-state index in [1.54, 1.807) is 11.3 Å². The highest BCUT2D eigenvalue weighted by Crippen LogP contribution is 2.33. The van der Waals surface area contributed by atoms with E-state index in [2.05, 4.69) is 47.2 Å². The Bertz CT molecular complexity index is 875. The van der Waals surface area contributed by atoms with Crippen LogP contribution in [0.1, 0.15) is 18.9 Å². The van der Waals surface area contributed by atoms with Gasteiger partial charge in [0.2, 0.25) is 0 Å². The van der Waals surface area contributed by atoms with Crippen molar-refractivity contribution in [3.8, 4) is 10.4 Å². The van der Waals surface area contributed by atoms with Gasteiger partial charge in [-0.1, -0.05) is 43.3 Å². The van der Waals surface area contributed by atoms with Crippen molar-refractivity contribution in [2.75, 3.05) is 0 Å². The molecular formula is C18H18N4S. The van der Waals surface area contributed by atoms with Crippen LogP contribution in [0.2, 0.25) is 0 Å². The van der Waals surface area contributed by atoms with E-state index in [9.17, 15) is 0 Å². The first-order valence-corrected chi connectivity index (χ1v) is 8.29. The molecule has 3 rings (SSSR count). The van der Waals surface area contributed by atoms with E-state index in [1.807, 2.05) is 23.8 Å². The molecule has 0 aliphatic carbocycles. The number of hydrogen-bond donors (Lipinski definition) is 2. The third-order valence-corrected chi connectivity index (χ3v) is 4.33. The fraction of sp³-hybridized carbons (Fsp3) is 0.111. The van der Waals surface area contributed by atoms with Crippen molar-refractivity contribution >= 4 is 33.8 Å². The predicted molar refractivity (Wildman–Crippen MR) is 99.1 cm³/mol. The van der Waals surface area contributed by atoms with Crippen LogP contribution in [0.3, 0.4) is 0 Å².